The quantitative estimate of drug-likeness (QED) is 0.881. The second-order valence-electron chi connectivity index (χ2n) is 4.54. The van der Waals surface area contributed by atoms with Crippen molar-refractivity contribution in [2.45, 2.75) is 19.9 Å². The van der Waals surface area contributed by atoms with E-state index in [1.54, 1.807) is 6.92 Å². The minimum absolute atomic E-state index is 0.0187. The summed E-state index contributed by atoms with van der Waals surface area (Å²) in [5.41, 5.74) is 7.35. The molecule has 2 rings (SSSR count). The van der Waals surface area contributed by atoms with Crippen LogP contribution >= 0.6 is 11.5 Å². The Kier molecular flexibility index (Phi) is 5.20. The van der Waals surface area contributed by atoms with E-state index in [1.165, 1.54) is 0 Å². The maximum atomic E-state index is 12.6. The lowest BCUT2D eigenvalue weighted by Crippen LogP contribution is -2.32. The lowest BCUT2D eigenvalue weighted by molar-refractivity contribution is 0.0746. The number of nitrogens with zero attached hydrogens (tertiary/aromatic N) is 3. The van der Waals surface area contributed by atoms with Gasteiger partial charge in [-0.1, -0.05) is 34.8 Å². The molecule has 0 saturated carbocycles. The third-order valence-electron chi connectivity index (χ3n) is 2.98. The van der Waals surface area contributed by atoms with Gasteiger partial charge in [-0.05, 0) is 37.0 Å². The van der Waals surface area contributed by atoms with Crippen LogP contribution < -0.4 is 5.73 Å². The molecular weight excluding hydrogens is 272 g/mol. The van der Waals surface area contributed by atoms with Crippen molar-refractivity contribution >= 4 is 17.4 Å². The van der Waals surface area contributed by atoms with Gasteiger partial charge in [-0.25, -0.2) is 0 Å². The lowest BCUT2D eigenvalue weighted by atomic mass is 10.2. The number of aromatic nitrogens is 2. The third-order valence-corrected chi connectivity index (χ3v) is 3.80. The summed E-state index contributed by atoms with van der Waals surface area (Å²) < 4.78 is 3.83. The molecule has 5 nitrogen and oxygen atoms in total. The van der Waals surface area contributed by atoms with Crippen molar-refractivity contribution in [3.05, 3.63) is 46.5 Å². The van der Waals surface area contributed by atoms with E-state index in [-0.39, 0.29) is 5.91 Å². The van der Waals surface area contributed by atoms with Crippen LogP contribution in [-0.2, 0) is 6.54 Å². The molecule has 0 saturated heterocycles. The van der Waals surface area contributed by atoms with Crippen molar-refractivity contribution < 1.29 is 4.79 Å². The van der Waals surface area contributed by atoms with Crippen LogP contribution in [0.25, 0.3) is 0 Å². The second kappa shape index (κ2) is 7.12. The van der Waals surface area contributed by atoms with E-state index < -0.39 is 0 Å². The molecule has 2 aromatic rings. The molecule has 1 heterocycles. The standard InChI is InChI=1S/C14H18N4OS/c1-11-13(20-17-16-11)14(19)18(9-5-8-15)10-12-6-3-2-4-7-12/h2-4,6-7H,5,8-10,15H2,1H3. The fourth-order valence-corrected chi connectivity index (χ4v) is 2.53. The molecule has 0 radical (unpaired) electrons. The number of hydrogen-bond acceptors (Lipinski definition) is 5. The first-order chi connectivity index (χ1) is 9.72. The molecule has 6 heteroatoms. The molecular formula is C14H18N4OS. The second-order valence-corrected chi connectivity index (χ2v) is 5.30. The minimum Gasteiger partial charge on any atom is -0.333 e. The molecule has 1 amide bonds. The largest absolute Gasteiger partial charge is 0.333 e. The highest BCUT2D eigenvalue weighted by atomic mass is 32.1. The van der Waals surface area contributed by atoms with E-state index in [0.717, 1.165) is 23.5 Å². The van der Waals surface area contributed by atoms with Crippen molar-refractivity contribution in [1.82, 2.24) is 14.5 Å². The molecule has 0 bridgehead atoms. The lowest BCUT2D eigenvalue weighted by Gasteiger charge is -2.22. The number of hydrogen-bond donors (Lipinski definition) is 1. The highest BCUT2D eigenvalue weighted by molar-refractivity contribution is 7.07. The van der Waals surface area contributed by atoms with Crippen LogP contribution in [0.2, 0.25) is 0 Å². The molecule has 1 aromatic heterocycles. The third kappa shape index (κ3) is 3.61. The zero-order chi connectivity index (χ0) is 14.4. The average molecular weight is 290 g/mol. The molecule has 0 aliphatic heterocycles. The summed E-state index contributed by atoms with van der Waals surface area (Å²) in [5.74, 6) is -0.0187. The van der Waals surface area contributed by atoms with Crippen molar-refractivity contribution in [3.8, 4) is 0 Å². The van der Waals surface area contributed by atoms with E-state index >= 15 is 0 Å². The van der Waals surface area contributed by atoms with Gasteiger partial charge in [0, 0.05) is 13.1 Å². The predicted octanol–water partition coefficient (Wildman–Crippen LogP) is 1.84. The van der Waals surface area contributed by atoms with Gasteiger partial charge in [0.1, 0.15) is 4.88 Å². The number of carbonyl (C=O) groups excluding carboxylic acids is 1. The van der Waals surface area contributed by atoms with Crippen LogP contribution in [0.4, 0.5) is 0 Å². The van der Waals surface area contributed by atoms with Crippen molar-refractivity contribution in [2.24, 2.45) is 5.73 Å². The molecule has 106 valence electrons. The first-order valence-electron chi connectivity index (χ1n) is 6.54. The fraction of sp³-hybridized carbons (Fsp3) is 0.357. The topological polar surface area (TPSA) is 72.1 Å². The van der Waals surface area contributed by atoms with Crippen LogP contribution in [0.15, 0.2) is 30.3 Å². The minimum atomic E-state index is -0.0187. The Hall–Kier alpha value is -1.79. The highest BCUT2D eigenvalue weighted by Gasteiger charge is 2.20. The van der Waals surface area contributed by atoms with Gasteiger partial charge < -0.3 is 10.6 Å². The number of nitrogens with two attached hydrogens (primary N) is 1. The summed E-state index contributed by atoms with van der Waals surface area (Å²) in [5, 5.41) is 3.90. The average Bonchev–Trinajstić information content (AvgIpc) is 2.90. The van der Waals surface area contributed by atoms with E-state index in [9.17, 15) is 4.79 Å². The van der Waals surface area contributed by atoms with Crippen LogP contribution in [0, 0.1) is 6.92 Å². The first-order valence-corrected chi connectivity index (χ1v) is 7.32. The zero-order valence-electron chi connectivity index (χ0n) is 11.5. The summed E-state index contributed by atoms with van der Waals surface area (Å²) in [7, 11) is 0. The van der Waals surface area contributed by atoms with Crippen molar-refractivity contribution in [3.63, 3.8) is 0 Å². The first kappa shape index (κ1) is 14.6. The Labute approximate surface area is 122 Å². The van der Waals surface area contributed by atoms with Gasteiger partial charge in [0.15, 0.2) is 0 Å². The van der Waals surface area contributed by atoms with Crippen LogP contribution in [0.3, 0.4) is 0 Å². The SMILES string of the molecule is Cc1nnsc1C(=O)N(CCCN)Cc1ccccc1. The van der Waals surface area contributed by atoms with Gasteiger partial charge in [0.05, 0.1) is 5.69 Å². The summed E-state index contributed by atoms with van der Waals surface area (Å²) in [4.78, 5) is 15.0. The van der Waals surface area contributed by atoms with E-state index in [0.29, 0.717) is 30.2 Å². The van der Waals surface area contributed by atoms with Gasteiger partial charge in [-0.2, -0.15) is 0 Å². The Balaban J connectivity index is 2.15. The Morgan fingerprint density at radius 3 is 2.70 bits per heavy atom. The summed E-state index contributed by atoms with van der Waals surface area (Å²) in [6.45, 7) is 3.59. The Morgan fingerprint density at radius 1 is 1.35 bits per heavy atom. The van der Waals surface area contributed by atoms with Crippen LogP contribution in [0.5, 0.6) is 0 Å². The van der Waals surface area contributed by atoms with Gasteiger partial charge in [0.2, 0.25) is 0 Å². The van der Waals surface area contributed by atoms with E-state index in [4.69, 9.17) is 5.73 Å². The maximum Gasteiger partial charge on any atom is 0.267 e. The highest BCUT2D eigenvalue weighted by Crippen LogP contribution is 2.15. The molecule has 0 atom stereocenters. The van der Waals surface area contributed by atoms with Crippen LogP contribution in [-0.4, -0.2) is 33.5 Å². The molecule has 0 aliphatic carbocycles. The number of carbonyl (C=O) groups is 1. The van der Waals surface area contributed by atoms with Gasteiger partial charge in [-0.3, -0.25) is 4.79 Å². The maximum absolute atomic E-state index is 12.6. The predicted molar refractivity (Wildman–Crippen MR) is 79.5 cm³/mol. The molecule has 20 heavy (non-hydrogen) atoms. The molecule has 0 aliphatic rings. The van der Waals surface area contributed by atoms with E-state index in [2.05, 4.69) is 9.59 Å². The number of benzene rings is 1. The van der Waals surface area contributed by atoms with Gasteiger partial charge in [-0.15, -0.1) is 5.10 Å². The van der Waals surface area contributed by atoms with Gasteiger partial charge in [0.25, 0.3) is 5.91 Å². The number of amides is 1. The summed E-state index contributed by atoms with van der Waals surface area (Å²) in [6, 6.07) is 9.94. The zero-order valence-corrected chi connectivity index (χ0v) is 12.3. The molecule has 1 aromatic carbocycles. The van der Waals surface area contributed by atoms with Gasteiger partial charge >= 0.3 is 0 Å². The summed E-state index contributed by atoms with van der Waals surface area (Å²) >= 11 is 1.15. The van der Waals surface area contributed by atoms with Crippen molar-refractivity contribution in [1.29, 1.82) is 0 Å². The number of rotatable bonds is 6. The fourth-order valence-electron chi connectivity index (χ4n) is 1.91. The van der Waals surface area contributed by atoms with Crippen LogP contribution in [0.1, 0.15) is 27.3 Å². The molecule has 2 N–H and O–H groups in total. The smallest absolute Gasteiger partial charge is 0.267 e. The molecule has 0 unspecified atom stereocenters. The Morgan fingerprint density at radius 2 is 2.10 bits per heavy atom. The molecule has 0 spiro atoms. The molecule has 0 fully saturated rings. The van der Waals surface area contributed by atoms with Crippen molar-refractivity contribution in [2.75, 3.05) is 13.1 Å². The summed E-state index contributed by atoms with van der Waals surface area (Å²) in [6.07, 6.45) is 0.782. The normalized spacial score (nSPS) is 10.5. The number of aryl methyl sites for hydroxylation is 1. The van der Waals surface area contributed by atoms with E-state index in [1.807, 2.05) is 35.2 Å². The Bertz CT molecular complexity index is 555. The monoisotopic (exact) mass is 290 g/mol.